The van der Waals surface area contributed by atoms with Gasteiger partial charge in [0.2, 0.25) is 11.8 Å². The number of aromatic nitrogens is 5. The van der Waals surface area contributed by atoms with E-state index in [-0.39, 0.29) is 24.8 Å². The Balaban J connectivity index is 1.47. The molecular weight excluding hydrogens is 386 g/mol. The minimum atomic E-state index is -0.661. The van der Waals surface area contributed by atoms with Gasteiger partial charge >= 0.3 is 0 Å². The molecular formula is C20H17N7O3. The van der Waals surface area contributed by atoms with Gasteiger partial charge in [-0.25, -0.2) is 14.6 Å². The average Bonchev–Trinajstić information content (AvgIpc) is 3.34. The van der Waals surface area contributed by atoms with Crippen LogP contribution in [0.15, 0.2) is 36.8 Å². The molecule has 0 bridgehead atoms. The number of rotatable bonds is 3. The normalized spacial score (nSPS) is 18.5. The SMILES string of the molecule is Cc1ncc(-c2cn(-c3cccc4c3CN(C3CCC(=O)NC3=O)C4=O)nn2)cn1. The monoisotopic (exact) mass is 403 g/mol. The van der Waals surface area contributed by atoms with Crippen LogP contribution in [0.2, 0.25) is 0 Å². The number of nitrogens with one attached hydrogen (secondary N) is 1. The summed E-state index contributed by atoms with van der Waals surface area (Å²) in [5.41, 5.74) is 3.35. The number of carbonyl (C=O) groups excluding carboxylic acids is 3. The van der Waals surface area contributed by atoms with Crippen LogP contribution in [-0.4, -0.2) is 53.6 Å². The highest BCUT2D eigenvalue weighted by atomic mass is 16.2. The first-order valence-electron chi connectivity index (χ1n) is 9.49. The first-order chi connectivity index (χ1) is 14.5. The molecule has 4 heterocycles. The highest BCUT2D eigenvalue weighted by molar-refractivity contribution is 6.05. The first-order valence-corrected chi connectivity index (χ1v) is 9.49. The molecule has 10 nitrogen and oxygen atoms in total. The van der Waals surface area contributed by atoms with Gasteiger partial charge in [0, 0.05) is 42.0 Å². The lowest BCUT2D eigenvalue weighted by atomic mass is 10.0. The van der Waals surface area contributed by atoms with Gasteiger partial charge in [-0.1, -0.05) is 11.3 Å². The summed E-state index contributed by atoms with van der Waals surface area (Å²) in [4.78, 5) is 46.5. The van der Waals surface area contributed by atoms with Crippen molar-refractivity contribution in [1.29, 1.82) is 0 Å². The lowest BCUT2D eigenvalue weighted by Crippen LogP contribution is -2.52. The Hall–Kier alpha value is -3.95. The standard InChI is InChI=1S/C20H17N7O3/c1-11-21-7-12(8-22-11)15-10-27(25-24-15)16-4-2-3-13-14(16)9-26(20(13)30)17-5-6-18(28)23-19(17)29/h2-4,7-8,10,17H,5-6,9H2,1H3,(H,23,28,29). The topological polar surface area (TPSA) is 123 Å². The third kappa shape index (κ3) is 2.93. The maximum absolute atomic E-state index is 13.0. The van der Waals surface area contributed by atoms with E-state index >= 15 is 0 Å². The largest absolute Gasteiger partial charge is 0.322 e. The van der Waals surface area contributed by atoms with Crippen molar-refractivity contribution < 1.29 is 14.4 Å². The predicted molar refractivity (Wildman–Crippen MR) is 103 cm³/mol. The van der Waals surface area contributed by atoms with Gasteiger partial charge in [0.1, 0.15) is 17.6 Å². The molecule has 0 saturated carbocycles. The van der Waals surface area contributed by atoms with Crippen molar-refractivity contribution in [2.75, 3.05) is 0 Å². The minimum Gasteiger partial charge on any atom is -0.322 e. The van der Waals surface area contributed by atoms with Gasteiger partial charge < -0.3 is 4.90 Å². The second-order valence-corrected chi connectivity index (χ2v) is 7.27. The molecule has 30 heavy (non-hydrogen) atoms. The van der Waals surface area contributed by atoms with Gasteiger partial charge in [0.05, 0.1) is 11.9 Å². The van der Waals surface area contributed by atoms with Crippen LogP contribution in [0.3, 0.4) is 0 Å². The minimum absolute atomic E-state index is 0.217. The van der Waals surface area contributed by atoms with Gasteiger partial charge in [-0.2, -0.15) is 0 Å². The third-order valence-electron chi connectivity index (χ3n) is 5.37. The van der Waals surface area contributed by atoms with Crippen LogP contribution in [0.25, 0.3) is 16.9 Å². The molecule has 2 aromatic heterocycles. The number of amides is 3. The molecule has 10 heteroatoms. The molecule has 1 atom stereocenters. The quantitative estimate of drug-likeness (QED) is 0.642. The van der Waals surface area contributed by atoms with Crippen molar-refractivity contribution in [3.8, 4) is 16.9 Å². The maximum atomic E-state index is 13.0. The molecule has 2 aliphatic rings. The molecule has 0 aliphatic carbocycles. The van der Waals surface area contributed by atoms with Crippen LogP contribution >= 0.6 is 0 Å². The van der Waals surface area contributed by atoms with E-state index in [2.05, 4.69) is 25.6 Å². The number of benzene rings is 1. The molecule has 0 spiro atoms. The summed E-state index contributed by atoms with van der Waals surface area (Å²) in [5.74, 6) is -0.305. The Labute approximate surface area is 170 Å². The van der Waals surface area contributed by atoms with E-state index in [1.165, 1.54) is 4.90 Å². The van der Waals surface area contributed by atoms with E-state index in [1.54, 1.807) is 42.3 Å². The summed E-state index contributed by atoms with van der Waals surface area (Å²) in [6.45, 7) is 2.07. The third-order valence-corrected chi connectivity index (χ3v) is 5.37. The molecule has 1 fully saturated rings. The molecule has 5 rings (SSSR count). The zero-order chi connectivity index (χ0) is 20.8. The Bertz CT molecular complexity index is 1190. The van der Waals surface area contributed by atoms with Crippen molar-refractivity contribution in [3.63, 3.8) is 0 Å². The lowest BCUT2D eigenvalue weighted by Gasteiger charge is -2.29. The van der Waals surface area contributed by atoms with Crippen molar-refractivity contribution >= 4 is 17.7 Å². The summed E-state index contributed by atoms with van der Waals surface area (Å²) in [7, 11) is 0. The number of aryl methyl sites for hydroxylation is 1. The number of piperidine rings is 1. The second kappa shape index (κ2) is 6.83. The number of hydrogen-bond acceptors (Lipinski definition) is 7. The Morgan fingerprint density at radius 3 is 2.70 bits per heavy atom. The summed E-state index contributed by atoms with van der Waals surface area (Å²) in [6.07, 6.45) is 5.65. The zero-order valence-electron chi connectivity index (χ0n) is 16.1. The Morgan fingerprint density at radius 2 is 1.93 bits per heavy atom. The van der Waals surface area contributed by atoms with Gasteiger partial charge in [-0.05, 0) is 25.5 Å². The smallest absolute Gasteiger partial charge is 0.255 e. The molecule has 3 aromatic rings. The molecule has 1 unspecified atom stereocenters. The molecule has 1 N–H and O–H groups in total. The number of hydrogen-bond donors (Lipinski definition) is 1. The van der Waals surface area contributed by atoms with E-state index in [9.17, 15) is 14.4 Å². The highest BCUT2D eigenvalue weighted by Gasteiger charge is 2.40. The fourth-order valence-corrected chi connectivity index (χ4v) is 3.82. The fourth-order valence-electron chi connectivity index (χ4n) is 3.82. The van der Waals surface area contributed by atoms with E-state index in [1.807, 2.05) is 6.07 Å². The van der Waals surface area contributed by atoms with Crippen LogP contribution in [0, 0.1) is 6.92 Å². The molecule has 150 valence electrons. The summed E-state index contributed by atoms with van der Waals surface area (Å²) < 4.78 is 1.61. The maximum Gasteiger partial charge on any atom is 0.255 e. The molecule has 0 radical (unpaired) electrons. The first kappa shape index (κ1) is 18.1. The number of carbonyl (C=O) groups is 3. The summed E-state index contributed by atoms with van der Waals surface area (Å²) in [6, 6.07) is 4.70. The zero-order valence-corrected chi connectivity index (χ0v) is 16.1. The van der Waals surface area contributed by atoms with Crippen molar-refractivity contribution in [2.45, 2.75) is 32.4 Å². The van der Waals surface area contributed by atoms with E-state index in [0.29, 0.717) is 29.2 Å². The highest BCUT2D eigenvalue weighted by Crippen LogP contribution is 2.31. The fraction of sp³-hybridized carbons (Fsp3) is 0.250. The van der Waals surface area contributed by atoms with Crippen LogP contribution in [0.1, 0.15) is 34.6 Å². The van der Waals surface area contributed by atoms with Crippen LogP contribution in [-0.2, 0) is 16.1 Å². The molecule has 1 aromatic carbocycles. The van der Waals surface area contributed by atoms with Crippen molar-refractivity contribution in [3.05, 3.63) is 53.7 Å². The summed E-state index contributed by atoms with van der Waals surface area (Å²) in [5, 5.41) is 10.7. The molecule has 2 aliphatic heterocycles. The molecule has 1 saturated heterocycles. The van der Waals surface area contributed by atoms with Gasteiger partial charge in [0.15, 0.2) is 0 Å². The number of fused-ring (bicyclic) bond motifs is 1. The van der Waals surface area contributed by atoms with E-state index in [4.69, 9.17) is 0 Å². The van der Waals surface area contributed by atoms with Gasteiger partial charge in [-0.3, -0.25) is 19.7 Å². The lowest BCUT2D eigenvalue weighted by molar-refractivity contribution is -0.136. The van der Waals surface area contributed by atoms with Crippen molar-refractivity contribution in [2.24, 2.45) is 0 Å². The van der Waals surface area contributed by atoms with Gasteiger partial charge in [-0.15, -0.1) is 5.10 Å². The van der Waals surface area contributed by atoms with E-state index < -0.39 is 11.9 Å². The molecule has 3 amide bonds. The Kier molecular flexibility index (Phi) is 4.12. The predicted octanol–water partition coefficient (Wildman–Crippen LogP) is 0.794. The Morgan fingerprint density at radius 1 is 1.13 bits per heavy atom. The second-order valence-electron chi connectivity index (χ2n) is 7.27. The average molecular weight is 403 g/mol. The number of imide groups is 1. The number of nitrogens with zero attached hydrogens (tertiary/aromatic N) is 6. The summed E-state index contributed by atoms with van der Waals surface area (Å²) >= 11 is 0. The van der Waals surface area contributed by atoms with Crippen LogP contribution in [0.4, 0.5) is 0 Å². The van der Waals surface area contributed by atoms with Crippen LogP contribution < -0.4 is 5.32 Å². The van der Waals surface area contributed by atoms with E-state index in [0.717, 1.165) is 11.1 Å². The van der Waals surface area contributed by atoms with Crippen LogP contribution in [0.5, 0.6) is 0 Å². The van der Waals surface area contributed by atoms with Crippen molar-refractivity contribution in [1.82, 2.24) is 35.2 Å². The van der Waals surface area contributed by atoms with Gasteiger partial charge in [0.25, 0.3) is 5.91 Å².